The SMILES string of the molecule is C=CCCC(N)(CCC=C)c1noc(-c2ncn3c2[C@@H]2CCN2C(=O)c2c(Cl)cccc2-3)n1. The highest BCUT2D eigenvalue weighted by atomic mass is 35.5. The minimum Gasteiger partial charge on any atom is -0.332 e. The number of halogens is 1. The monoisotopic (exact) mass is 464 g/mol. The highest BCUT2D eigenvalue weighted by Gasteiger charge is 2.43. The summed E-state index contributed by atoms with van der Waals surface area (Å²) in [6.45, 7) is 8.25. The summed E-state index contributed by atoms with van der Waals surface area (Å²) < 4.78 is 7.58. The minimum absolute atomic E-state index is 0.0810. The summed E-state index contributed by atoms with van der Waals surface area (Å²) in [5.74, 6) is 0.639. The van der Waals surface area contributed by atoms with Gasteiger partial charge in [0.2, 0.25) is 0 Å². The van der Waals surface area contributed by atoms with Crippen LogP contribution in [0.4, 0.5) is 0 Å². The van der Waals surface area contributed by atoms with Crippen molar-refractivity contribution in [2.45, 2.75) is 43.7 Å². The molecule has 4 heterocycles. The Morgan fingerprint density at radius 1 is 1.27 bits per heavy atom. The van der Waals surface area contributed by atoms with E-state index in [2.05, 4.69) is 28.3 Å². The topological polar surface area (TPSA) is 103 Å². The van der Waals surface area contributed by atoms with Gasteiger partial charge in [-0.05, 0) is 44.2 Å². The quantitative estimate of drug-likeness (QED) is 0.490. The smallest absolute Gasteiger partial charge is 0.278 e. The molecule has 0 radical (unpaired) electrons. The first-order valence-corrected chi connectivity index (χ1v) is 11.4. The zero-order chi connectivity index (χ0) is 23.2. The number of nitrogens with two attached hydrogens (primary N) is 1. The summed E-state index contributed by atoms with van der Waals surface area (Å²) in [6, 6.07) is 5.29. The Morgan fingerprint density at radius 2 is 2.03 bits per heavy atom. The van der Waals surface area contributed by atoms with Crippen molar-refractivity contribution in [3.8, 4) is 17.3 Å². The molecule has 5 rings (SSSR count). The van der Waals surface area contributed by atoms with E-state index < -0.39 is 5.54 Å². The van der Waals surface area contributed by atoms with E-state index >= 15 is 0 Å². The zero-order valence-electron chi connectivity index (χ0n) is 18.2. The van der Waals surface area contributed by atoms with Gasteiger partial charge >= 0.3 is 0 Å². The molecule has 2 aliphatic rings. The lowest BCUT2D eigenvalue weighted by Gasteiger charge is -2.39. The summed E-state index contributed by atoms with van der Waals surface area (Å²) in [6.07, 6.45) is 8.90. The molecule has 0 saturated carbocycles. The van der Waals surface area contributed by atoms with Crippen molar-refractivity contribution in [3.05, 3.63) is 71.9 Å². The third kappa shape index (κ3) is 3.41. The molecule has 2 N–H and O–H groups in total. The number of hydrogen-bond donors (Lipinski definition) is 1. The van der Waals surface area contributed by atoms with Crippen molar-refractivity contribution >= 4 is 17.5 Å². The average Bonchev–Trinajstić information content (AvgIpc) is 3.42. The van der Waals surface area contributed by atoms with E-state index in [4.69, 9.17) is 21.9 Å². The second kappa shape index (κ2) is 8.28. The summed E-state index contributed by atoms with van der Waals surface area (Å²) in [5.41, 5.74) is 8.51. The molecule has 3 aromatic rings. The molecular weight excluding hydrogens is 440 g/mol. The van der Waals surface area contributed by atoms with Gasteiger partial charge in [0.1, 0.15) is 6.33 Å². The van der Waals surface area contributed by atoms with Crippen molar-refractivity contribution in [3.63, 3.8) is 0 Å². The molecule has 170 valence electrons. The fourth-order valence-electron chi connectivity index (χ4n) is 4.61. The van der Waals surface area contributed by atoms with Gasteiger partial charge in [-0.3, -0.25) is 9.36 Å². The fraction of sp³-hybridized carbons (Fsp3) is 0.333. The van der Waals surface area contributed by atoms with Gasteiger partial charge in [0.05, 0.1) is 33.5 Å². The maximum absolute atomic E-state index is 13.2. The van der Waals surface area contributed by atoms with Crippen molar-refractivity contribution < 1.29 is 9.32 Å². The predicted octanol–water partition coefficient (Wildman–Crippen LogP) is 4.56. The lowest BCUT2D eigenvalue weighted by Crippen LogP contribution is -2.44. The predicted molar refractivity (Wildman–Crippen MR) is 125 cm³/mol. The second-order valence-corrected chi connectivity index (χ2v) is 8.93. The molecule has 0 aliphatic carbocycles. The van der Waals surface area contributed by atoms with Crippen LogP contribution in [0.15, 0.2) is 54.4 Å². The molecule has 1 saturated heterocycles. The molecule has 1 amide bonds. The Balaban J connectivity index is 1.59. The highest BCUT2D eigenvalue weighted by molar-refractivity contribution is 6.34. The molecule has 9 heteroatoms. The number of fused-ring (bicyclic) bond motifs is 5. The van der Waals surface area contributed by atoms with E-state index in [9.17, 15) is 4.79 Å². The number of imidazole rings is 1. The molecule has 0 spiro atoms. The number of carbonyl (C=O) groups is 1. The Labute approximate surface area is 196 Å². The van der Waals surface area contributed by atoms with E-state index in [0.29, 0.717) is 47.2 Å². The number of carbonyl (C=O) groups excluding carboxylic acids is 1. The minimum atomic E-state index is -0.764. The third-order valence-corrected chi connectivity index (χ3v) is 6.84. The van der Waals surface area contributed by atoms with Crippen molar-refractivity contribution in [1.82, 2.24) is 24.6 Å². The lowest BCUT2D eigenvalue weighted by atomic mass is 9.88. The molecule has 1 aromatic carbocycles. The van der Waals surface area contributed by atoms with Crippen molar-refractivity contribution in [2.24, 2.45) is 5.73 Å². The molecule has 0 unspecified atom stereocenters. The number of benzene rings is 1. The van der Waals surface area contributed by atoms with Crippen molar-refractivity contribution in [1.29, 1.82) is 0 Å². The summed E-state index contributed by atoms with van der Waals surface area (Å²) in [5, 5.41) is 4.65. The number of aromatic nitrogens is 4. The van der Waals surface area contributed by atoms with Gasteiger partial charge in [0.15, 0.2) is 11.5 Å². The Morgan fingerprint density at radius 3 is 2.70 bits per heavy atom. The van der Waals surface area contributed by atoms with Crippen LogP contribution in [0.1, 0.15) is 60.0 Å². The highest BCUT2D eigenvalue weighted by Crippen LogP contribution is 2.44. The Kier molecular flexibility index (Phi) is 5.42. The van der Waals surface area contributed by atoms with Gasteiger partial charge < -0.3 is 15.2 Å². The zero-order valence-corrected chi connectivity index (χ0v) is 19.0. The van der Waals surface area contributed by atoms with Gasteiger partial charge in [0, 0.05) is 6.54 Å². The molecule has 1 atom stereocenters. The van der Waals surface area contributed by atoms with E-state index in [0.717, 1.165) is 25.0 Å². The average molecular weight is 465 g/mol. The maximum atomic E-state index is 13.2. The van der Waals surface area contributed by atoms with Crippen LogP contribution in [0.2, 0.25) is 5.02 Å². The Bertz CT molecular complexity index is 1230. The maximum Gasteiger partial charge on any atom is 0.278 e. The molecule has 33 heavy (non-hydrogen) atoms. The largest absolute Gasteiger partial charge is 0.332 e. The third-order valence-electron chi connectivity index (χ3n) is 6.53. The number of rotatable bonds is 8. The molecule has 0 bridgehead atoms. The second-order valence-electron chi connectivity index (χ2n) is 8.52. The summed E-state index contributed by atoms with van der Waals surface area (Å²) in [4.78, 5) is 24.3. The van der Waals surface area contributed by atoms with Crippen LogP contribution < -0.4 is 5.73 Å². The lowest BCUT2D eigenvalue weighted by molar-refractivity contribution is 0.0461. The van der Waals surface area contributed by atoms with Gasteiger partial charge in [-0.2, -0.15) is 4.98 Å². The van der Waals surface area contributed by atoms with E-state index in [1.807, 2.05) is 33.8 Å². The van der Waals surface area contributed by atoms with E-state index in [1.54, 1.807) is 12.4 Å². The summed E-state index contributed by atoms with van der Waals surface area (Å²) >= 11 is 6.42. The van der Waals surface area contributed by atoms with Crippen LogP contribution in [0.3, 0.4) is 0 Å². The number of hydrogen-bond acceptors (Lipinski definition) is 6. The van der Waals surface area contributed by atoms with E-state index in [-0.39, 0.29) is 17.8 Å². The van der Waals surface area contributed by atoms with Gasteiger partial charge in [-0.15, -0.1) is 13.2 Å². The number of allylic oxidation sites excluding steroid dienone is 2. The van der Waals surface area contributed by atoms with Crippen LogP contribution in [0, 0.1) is 0 Å². The first-order valence-electron chi connectivity index (χ1n) is 11.0. The Hall–Kier alpha value is -3.23. The number of nitrogens with zero attached hydrogens (tertiary/aromatic N) is 5. The standard InChI is InChI=1S/C24H25ClN6O2/c1-3-5-11-24(26,12-6-4-2)23-28-21(33-29-23)19-20-17-10-13-30(17)22(32)18-15(25)8-7-9-16(18)31(20)14-27-19/h3-4,7-9,14,17H,1-2,5-6,10-13,26H2/t17-/m0/s1. The molecular formula is C24H25ClN6O2. The van der Waals surface area contributed by atoms with Crippen LogP contribution >= 0.6 is 11.6 Å². The first kappa shape index (κ1) is 21.6. The van der Waals surface area contributed by atoms with Crippen molar-refractivity contribution in [2.75, 3.05) is 6.54 Å². The van der Waals surface area contributed by atoms with Gasteiger partial charge in [-0.25, -0.2) is 4.98 Å². The van der Waals surface area contributed by atoms with Crippen LogP contribution in [-0.4, -0.2) is 37.0 Å². The van der Waals surface area contributed by atoms with Crippen LogP contribution in [-0.2, 0) is 5.54 Å². The molecule has 8 nitrogen and oxygen atoms in total. The van der Waals surface area contributed by atoms with Crippen LogP contribution in [0.25, 0.3) is 17.3 Å². The van der Waals surface area contributed by atoms with Gasteiger partial charge in [-0.1, -0.05) is 35.0 Å². The normalized spacial score (nSPS) is 17.0. The molecule has 1 fully saturated rings. The molecule has 2 aromatic heterocycles. The fourth-order valence-corrected chi connectivity index (χ4v) is 4.86. The first-order chi connectivity index (χ1) is 16.0. The summed E-state index contributed by atoms with van der Waals surface area (Å²) in [7, 11) is 0. The number of amides is 1. The molecule has 2 aliphatic heterocycles. The van der Waals surface area contributed by atoms with Gasteiger partial charge in [0.25, 0.3) is 11.8 Å². The van der Waals surface area contributed by atoms with E-state index in [1.165, 1.54) is 0 Å². The van der Waals surface area contributed by atoms with Crippen LogP contribution in [0.5, 0.6) is 0 Å².